The third kappa shape index (κ3) is 6.03. The van der Waals surface area contributed by atoms with Gasteiger partial charge >= 0.3 is 0 Å². The monoisotopic (exact) mass is 417 g/mol. The summed E-state index contributed by atoms with van der Waals surface area (Å²) in [4.78, 5) is 4.44. The molecule has 0 unspecified atom stereocenters. The SMILES string of the molecule is CN=C(NCc1cccc(OC)c1OC1CCCC1)NCC1(CCOC)CCCC1. The highest BCUT2D eigenvalue weighted by Gasteiger charge is 2.33. The Hall–Kier alpha value is -1.95. The first-order valence-corrected chi connectivity index (χ1v) is 11.5. The normalized spacial score (nSPS) is 19.1. The Bertz CT molecular complexity index is 680. The van der Waals surface area contributed by atoms with Gasteiger partial charge in [-0.15, -0.1) is 0 Å². The summed E-state index contributed by atoms with van der Waals surface area (Å²) in [7, 11) is 5.32. The number of hydrogen-bond acceptors (Lipinski definition) is 4. The maximum atomic E-state index is 6.36. The van der Waals surface area contributed by atoms with Crippen LogP contribution in [0.25, 0.3) is 0 Å². The number of nitrogens with zero attached hydrogens (tertiary/aromatic N) is 1. The molecule has 2 N–H and O–H groups in total. The van der Waals surface area contributed by atoms with Crippen molar-refractivity contribution in [3.8, 4) is 11.5 Å². The lowest BCUT2D eigenvalue weighted by molar-refractivity contribution is 0.138. The van der Waals surface area contributed by atoms with Gasteiger partial charge in [0, 0.05) is 39.4 Å². The summed E-state index contributed by atoms with van der Waals surface area (Å²) in [6.45, 7) is 2.39. The van der Waals surface area contributed by atoms with Crippen molar-refractivity contribution < 1.29 is 14.2 Å². The lowest BCUT2D eigenvalue weighted by atomic mass is 9.83. The summed E-state index contributed by atoms with van der Waals surface area (Å²) in [6, 6.07) is 6.09. The third-order valence-electron chi connectivity index (χ3n) is 6.67. The highest BCUT2D eigenvalue weighted by atomic mass is 16.5. The maximum absolute atomic E-state index is 6.36. The Morgan fingerprint density at radius 1 is 1.10 bits per heavy atom. The molecule has 0 bridgehead atoms. The van der Waals surface area contributed by atoms with E-state index in [4.69, 9.17) is 14.2 Å². The van der Waals surface area contributed by atoms with Crippen LogP contribution in [0, 0.1) is 5.41 Å². The van der Waals surface area contributed by atoms with Crippen molar-refractivity contribution in [1.82, 2.24) is 10.6 Å². The van der Waals surface area contributed by atoms with Gasteiger partial charge in [-0.05, 0) is 56.4 Å². The summed E-state index contributed by atoms with van der Waals surface area (Å²) < 4.78 is 17.3. The van der Waals surface area contributed by atoms with Crippen LogP contribution < -0.4 is 20.1 Å². The molecule has 0 radical (unpaired) electrons. The Balaban J connectivity index is 1.60. The molecule has 6 nitrogen and oxygen atoms in total. The maximum Gasteiger partial charge on any atom is 0.191 e. The number of guanidine groups is 1. The molecule has 1 aromatic carbocycles. The van der Waals surface area contributed by atoms with Crippen LogP contribution in [-0.4, -0.2) is 46.5 Å². The van der Waals surface area contributed by atoms with Crippen LogP contribution in [0.1, 0.15) is 63.4 Å². The molecule has 2 fully saturated rings. The molecule has 0 aliphatic heterocycles. The van der Waals surface area contributed by atoms with Crippen molar-refractivity contribution in [1.29, 1.82) is 0 Å². The minimum absolute atomic E-state index is 0.292. The van der Waals surface area contributed by atoms with Crippen LogP contribution in [-0.2, 0) is 11.3 Å². The molecule has 30 heavy (non-hydrogen) atoms. The number of ether oxygens (including phenoxy) is 3. The van der Waals surface area contributed by atoms with Crippen LogP contribution >= 0.6 is 0 Å². The number of rotatable bonds is 10. The zero-order valence-corrected chi connectivity index (χ0v) is 19.0. The van der Waals surface area contributed by atoms with Gasteiger partial charge in [-0.1, -0.05) is 25.0 Å². The fourth-order valence-corrected chi connectivity index (χ4v) is 4.80. The largest absolute Gasteiger partial charge is 0.493 e. The predicted molar refractivity (Wildman–Crippen MR) is 121 cm³/mol. The van der Waals surface area contributed by atoms with Crippen molar-refractivity contribution in [3.05, 3.63) is 23.8 Å². The molecule has 0 spiro atoms. The van der Waals surface area contributed by atoms with Gasteiger partial charge in [-0.2, -0.15) is 0 Å². The van der Waals surface area contributed by atoms with Crippen LogP contribution in [0.15, 0.2) is 23.2 Å². The van der Waals surface area contributed by atoms with Gasteiger partial charge in [-0.3, -0.25) is 4.99 Å². The first-order valence-electron chi connectivity index (χ1n) is 11.5. The first kappa shape index (κ1) is 22.7. The molecule has 0 heterocycles. The molecule has 2 aliphatic carbocycles. The quantitative estimate of drug-likeness (QED) is 0.439. The molecule has 0 saturated heterocycles. The minimum atomic E-state index is 0.292. The third-order valence-corrected chi connectivity index (χ3v) is 6.67. The molecule has 0 atom stereocenters. The van der Waals surface area contributed by atoms with Crippen LogP contribution in [0.5, 0.6) is 11.5 Å². The van der Waals surface area contributed by atoms with Gasteiger partial charge in [0.05, 0.1) is 13.2 Å². The lowest BCUT2D eigenvalue weighted by Gasteiger charge is -2.30. The number of para-hydroxylation sites is 1. The van der Waals surface area contributed by atoms with Crippen LogP contribution in [0.3, 0.4) is 0 Å². The highest BCUT2D eigenvalue weighted by Crippen LogP contribution is 2.40. The van der Waals surface area contributed by atoms with Crippen molar-refractivity contribution in [2.75, 3.05) is 34.4 Å². The first-order chi connectivity index (χ1) is 14.7. The Morgan fingerprint density at radius 2 is 1.87 bits per heavy atom. The van der Waals surface area contributed by atoms with E-state index in [-0.39, 0.29) is 0 Å². The molecule has 6 heteroatoms. The van der Waals surface area contributed by atoms with Gasteiger partial charge in [0.2, 0.25) is 0 Å². The molecule has 168 valence electrons. The van der Waals surface area contributed by atoms with E-state index in [1.807, 2.05) is 19.2 Å². The molecule has 0 amide bonds. The minimum Gasteiger partial charge on any atom is -0.493 e. The fraction of sp³-hybridized carbons (Fsp3) is 0.708. The summed E-state index contributed by atoms with van der Waals surface area (Å²) >= 11 is 0. The van der Waals surface area contributed by atoms with E-state index in [1.165, 1.54) is 38.5 Å². The number of hydrogen-bond donors (Lipinski definition) is 2. The van der Waals surface area contributed by atoms with Crippen molar-refractivity contribution >= 4 is 5.96 Å². The smallest absolute Gasteiger partial charge is 0.191 e. The van der Waals surface area contributed by atoms with E-state index in [2.05, 4.69) is 21.7 Å². The van der Waals surface area contributed by atoms with E-state index in [1.54, 1.807) is 14.2 Å². The molecule has 2 saturated carbocycles. The predicted octanol–water partition coefficient (Wildman–Crippen LogP) is 4.28. The number of nitrogens with one attached hydrogen (secondary N) is 2. The second kappa shape index (κ2) is 11.4. The molecule has 1 aromatic rings. The van der Waals surface area contributed by atoms with Crippen molar-refractivity contribution in [2.24, 2.45) is 10.4 Å². The van der Waals surface area contributed by atoms with Gasteiger partial charge < -0.3 is 24.8 Å². The molecule has 2 aliphatic rings. The van der Waals surface area contributed by atoms with Gasteiger partial charge in [0.15, 0.2) is 17.5 Å². The Labute approximate surface area is 181 Å². The van der Waals surface area contributed by atoms with E-state index in [0.29, 0.717) is 18.1 Å². The Kier molecular flexibility index (Phi) is 8.67. The zero-order chi connectivity index (χ0) is 21.2. The zero-order valence-electron chi connectivity index (χ0n) is 19.0. The van der Waals surface area contributed by atoms with Gasteiger partial charge in [0.25, 0.3) is 0 Å². The lowest BCUT2D eigenvalue weighted by Crippen LogP contribution is -2.43. The Morgan fingerprint density at radius 3 is 2.53 bits per heavy atom. The van der Waals surface area contributed by atoms with Gasteiger partial charge in [-0.25, -0.2) is 0 Å². The molecule has 0 aromatic heterocycles. The summed E-state index contributed by atoms with van der Waals surface area (Å²) in [5.74, 6) is 2.49. The van der Waals surface area contributed by atoms with E-state index in [0.717, 1.165) is 55.4 Å². The molecular weight excluding hydrogens is 378 g/mol. The van der Waals surface area contributed by atoms with E-state index < -0.39 is 0 Å². The van der Waals surface area contributed by atoms with Gasteiger partial charge in [0.1, 0.15) is 0 Å². The number of benzene rings is 1. The average molecular weight is 418 g/mol. The average Bonchev–Trinajstić information content (AvgIpc) is 3.46. The number of aliphatic imine (C=N–C) groups is 1. The van der Waals surface area contributed by atoms with E-state index in [9.17, 15) is 0 Å². The number of methoxy groups -OCH3 is 2. The second-order valence-corrected chi connectivity index (χ2v) is 8.70. The van der Waals surface area contributed by atoms with Crippen LogP contribution in [0.2, 0.25) is 0 Å². The van der Waals surface area contributed by atoms with Crippen molar-refractivity contribution in [3.63, 3.8) is 0 Å². The summed E-state index contributed by atoms with van der Waals surface area (Å²) in [5.41, 5.74) is 1.42. The molecular formula is C24H39N3O3. The fourth-order valence-electron chi connectivity index (χ4n) is 4.80. The summed E-state index contributed by atoms with van der Waals surface area (Å²) in [6.07, 6.45) is 11.3. The highest BCUT2D eigenvalue weighted by molar-refractivity contribution is 5.79. The second-order valence-electron chi connectivity index (χ2n) is 8.70. The topological polar surface area (TPSA) is 64.1 Å². The van der Waals surface area contributed by atoms with Crippen molar-refractivity contribution in [2.45, 2.75) is 70.4 Å². The summed E-state index contributed by atoms with van der Waals surface area (Å²) in [5, 5.41) is 7.04. The standard InChI is InChI=1S/C24H39N3O3/c1-25-23(27-18-24(15-16-28-2)13-6-7-14-24)26-17-19-9-8-12-21(29-3)22(19)30-20-10-4-5-11-20/h8-9,12,20H,4-7,10-11,13-18H2,1-3H3,(H2,25,26,27). The molecule has 3 rings (SSSR count). The van der Waals surface area contributed by atoms with Crippen LogP contribution in [0.4, 0.5) is 0 Å². The van der Waals surface area contributed by atoms with E-state index >= 15 is 0 Å².